The van der Waals surface area contributed by atoms with Crippen molar-refractivity contribution < 1.29 is 23.1 Å². The summed E-state index contributed by atoms with van der Waals surface area (Å²) in [5.41, 5.74) is 1.18. The molecular weight excluding hydrogens is 342 g/mol. The molecule has 1 amide bonds. The van der Waals surface area contributed by atoms with E-state index < -0.39 is 23.0 Å². The predicted molar refractivity (Wildman–Crippen MR) is 91.8 cm³/mol. The number of esters is 1. The molecule has 0 radical (unpaired) electrons. The first-order valence-corrected chi connectivity index (χ1v) is 8.35. The molecule has 0 heterocycles. The summed E-state index contributed by atoms with van der Waals surface area (Å²) in [7, 11) is 0. The molecule has 6 nitrogen and oxygen atoms in total. The maximum Gasteiger partial charge on any atom is 0.384 e. The van der Waals surface area contributed by atoms with Crippen LogP contribution in [-0.2, 0) is 27.2 Å². The Hall–Kier alpha value is -2.95. The number of carbonyl (C=O) groups excluding carboxylic acids is 2. The molecule has 1 atom stereocenters. The van der Waals surface area contributed by atoms with E-state index in [1.807, 2.05) is 30.3 Å². The normalized spacial score (nSPS) is 10.9. The fourth-order valence-corrected chi connectivity index (χ4v) is 2.19. The van der Waals surface area contributed by atoms with Crippen LogP contribution in [0.5, 0.6) is 0 Å². The monoisotopic (exact) mass is 357 g/mol. The van der Waals surface area contributed by atoms with Crippen molar-refractivity contribution in [2.24, 2.45) is 0 Å². The van der Waals surface area contributed by atoms with Gasteiger partial charge in [0.1, 0.15) is 6.61 Å². The van der Waals surface area contributed by atoms with Crippen molar-refractivity contribution in [1.29, 1.82) is 0 Å². The molecule has 0 bridgehead atoms. The van der Waals surface area contributed by atoms with E-state index >= 15 is 0 Å². The Kier molecular flexibility index (Phi) is 6.89. The first-order chi connectivity index (χ1) is 12.1. The standard InChI is InChI=1S/C18H15NO5S/c20-17(24-13-14-5-2-1-3-6-14)7-4-12-19-18(21)15-8-10-16(11-9-15)25(22)23/h1-3,5-6,8-11H,12-13H2,(H,19,21)(H,22,23). The molecule has 0 saturated carbocycles. The average Bonchev–Trinajstić information content (AvgIpc) is 2.64. The number of nitrogens with one attached hydrogen (secondary N) is 1. The van der Waals surface area contributed by atoms with Gasteiger partial charge in [-0.3, -0.25) is 4.79 Å². The largest absolute Gasteiger partial charge is 0.451 e. The molecule has 0 saturated heterocycles. The number of rotatable bonds is 5. The summed E-state index contributed by atoms with van der Waals surface area (Å²) in [6, 6.07) is 14.8. The third-order valence-corrected chi connectivity index (χ3v) is 3.73. The van der Waals surface area contributed by atoms with Gasteiger partial charge in [0.05, 0.1) is 11.4 Å². The van der Waals surface area contributed by atoms with Crippen LogP contribution in [0.25, 0.3) is 0 Å². The molecule has 0 aliphatic heterocycles. The van der Waals surface area contributed by atoms with E-state index in [9.17, 15) is 13.8 Å². The Bertz CT molecular complexity index is 822. The van der Waals surface area contributed by atoms with Crippen LogP contribution >= 0.6 is 0 Å². The van der Waals surface area contributed by atoms with Crippen molar-refractivity contribution in [2.75, 3.05) is 6.54 Å². The van der Waals surface area contributed by atoms with Crippen molar-refractivity contribution in [1.82, 2.24) is 5.32 Å². The molecule has 128 valence electrons. The van der Waals surface area contributed by atoms with Crippen LogP contribution in [-0.4, -0.2) is 27.2 Å². The zero-order chi connectivity index (χ0) is 18.1. The van der Waals surface area contributed by atoms with E-state index in [1.54, 1.807) is 0 Å². The van der Waals surface area contributed by atoms with E-state index in [2.05, 4.69) is 17.2 Å². The molecule has 2 aromatic carbocycles. The van der Waals surface area contributed by atoms with Gasteiger partial charge in [0.2, 0.25) is 0 Å². The highest BCUT2D eigenvalue weighted by atomic mass is 32.2. The van der Waals surface area contributed by atoms with Crippen LogP contribution in [0, 0.1) is 11.8 Å². The second-order valence-corrected chi connectivity index (χ2v) is 5.79. The summed E-state index contributed by atoms with van der Waals surface area (Å²) < 4.78 is 24.7. The lowest BCUT2D eigenvalue weighted by molar-refractivity contribution is -0.137. The molecule has 0 spiro atoms. The van der Waals surface area contributed by atoms with Gasteiger partial charge >= 0.3 is 5.97 Å². The summed E-state index contributed by atoms with van der Waals surface area (Å²) in [5, 5.41) is 2.52. The van der Waals surface area contributed by atoms with Crippen molar-refractivity contribution in [3.05, 3.63) is 65.7 Å². The summed E-state index contributed by atoms with van der Waals surface area (Å²) in [4.78, 5) is 23.5. The van der Waals surface area contributed by atoms with Crippen LogP contribution in [0.2, 0.25) is 0 Å². The topological polar surface area (TPSA) is 92.7 Å². The summed E-state index contributed by atoms with van der Waals surface area (Å²) in [6.45, 7) is 0.117. The van der Waals surface area contributed by atoms with Gasteiger partial charge in [-0.2, -0.15) is 0 Å². The van der Waals surface area contributed by atoms with Crippen LogP contribution in [0.4, 0.5) is 0 Å². The molecule has 0 aliphatic carbocycles. The minimum absolute atomic E-state index is 0.0209. The maximum absolute atomic E-state index is 11.8. The zero-order valence-electron chi connectivity index (χ0n) is 13.1. The highest BCUT2D eigenvalue weighted by Gasteiger charge is 2.06. The van der Waals surface area contributed by atoms with Gasteiger partial charge in [-0.05, 0) is 29.8 Å². The van der Waals surface area contributed by atoms with E-state index in [0.29, 0.717) is 5.56 Å². The summed E-state index contributed by atoms with van der Waals surface area (Å²) in [6.07, 6.45) is 0. The van der Waals surface area contributed by atoms with E-state index in [-0.39, 0.29) is 18.0 Å². The Morgan fingerprint density at radius 3 is 2.40 bits per heavy atom. The SMILES string of the molecule is O=C(C#CCNC(=O)c1ccc(S(=O)O)cc1)OCc1ccccc1. The minimum atomic E-state index is -2.08. The Labute approximate surface area is 147 Å². The molecule has 0 fully saturated rings. The van der Waals surface area contributed by atoms with Gasteiger partial charge in [-0.1, -0.05) is 36.3 Å². The molecule has 2 N–H and O–H groups in total. The van der Waals surface area contributed by atoms with Gasteiger partial charge in [-0.25, -0.2) is 9.00 Å². The molecule has 2 rings (SSSR count). The highest BCUT2D eigenvalue weighted by molar-refractivity contribution is 7.79. The fourth-order valence-electron chi connectivity index (χ4n) is 1.82. The molecule has 7 heteroatoms. The number of ether oxygens (including phenoxy) is 1. The summed E-state index contributed by atoms with van der Waals surface area (Å²) in [5.74, 6) is 3.72. The quantitative estimate of drug-likeness (QED) is 0.368. The first kappa shape index (κ1) is 18.4. The number of carbonyl (C=O) groups is 2. The van der Waals surface area contributed by atoms with Crippen LogP contribution in [0.1, 0.15) is 15.9 Å². The molecule has 2 aromatic rings. The minimum Gasteiger partial charge on any atom is -0.451 e. The number of hydrogen-bond donors (Lipinski definition) is 2. The third kappa shape index (κ3) is 6.22. The molecule has 25 heavy (non-hydrogen) atoms. The Balaban J connectivity index is 1.76. The van der Waals surface area contributed by atoms with Crippen LogP contribution < -0.4 is 5.32 Å². The van der Waals surface area contributed by atoms with Crippen molar-refractivity contribution in [3.63, 3.8) is 0 Å². The van der Waals surface area contributed by atoms with E-state index in [1.165, 1.54) is 24.3 Å². The Morgan fingerprint density at radius 1 is 1.08 bits per heavy atom. The molecule has 1 unspecified atom stereocenters. The summed E-state index contributed by atoms with van der Waals surface area (Å²) >= 11 is -2.08. The van der Waals surface area contributed by atoms with Gasteiger partial charge < -0.3 is 14.6 Å². The first-order valence-electron chi connectivity index (χ1n) is 7.25. The second-order valence-electron chi connectivity index (χ2n) is 4.82. The van der Waals surface area contributed by atoms with Crippen molar-refractivity contribution >= 4 is 23.0 Å². The molecule has 0 aliphatic rings. The average molecular weight is 357 g/mol. The maximum atomic E-state index is 11.8. The van der Waals surface area contributed by atoms with E-state index in [0.717, 1.165) is 5.56 Å². The lowest BCUT2D eigenvalue weighted by Gasteiger charge is -2.02. The number of amides is 1. The molecular formula is C18H15NO5S. The van der Waals surface area contributed by atoms with Crippen LogP contribution in [0.3, 0.4) is 0 Å². The van der Waals surface area contributed by atoms with Gasteiger partial charge in [0, 0.05) is 11.5 Å². The van der Waals surface area contributed by atoms with Gasteiger partial charge in [-0.15, -0.1) is 0 Å². The predicted octanol–water partition coefficient (Wildman–Crippen LogP) is 1.74. The smallest absolute Gasteiger partial charge is 0.384 e. The lowest BCUT2D eigenvalue weighted by atomic mass is 10.2. The Morgan fingerprint density at radius 2 is 1.76 bits per heavy atom. The van der Waals surface area contributed by atoms with Gasteiger partial charge in [0.15, 0.2) is 11.1 Å². The van der Waals surface area contributed by atoms with Gasteiger partial charge in [0.25, 0.3) is 5.91 Å². The fraction of sp³-hybridized carbons (Fsp3) is 0.111. The second kappa shape index (κ2) is 9.37. The number of hydrogen-bond acceptors (Lipinski definition) is 4. The van der Waals surface area contributed by atoms with Crippen molar-refractivity contribution in [2.45, 2.75) is 11.5 Å². The van der Waals surface area contributed by atoms with Crippen LogP contribution in [0.15, 0.2) is 59.5 Å². The van der Waals surface area contributed by atoms with E-state index in [4.69, 9.17) is 9.29 Å². The zero-order valence-corrected chi connectivity index (χ0v) is 13.9. The highest BCUT2D eigenvalue weighted by Crippen LogP contribution is 2.07. The third-order valence-electron chi connectivity index (χ3n) is 3.06. The van der Waals surface area contributed by atoms with Crippen molar-refractivity contribution in [3.8, 4) is 11.8 Å². The lowest BCUT2D eigenvalue weighted by Crippen LogP contribution is -2.23. The number of benzene rings is 2. The molecule has 0 aromatic heterocycles.